The van der Waals surface area contributed by atoms with E-state index in [9.17, 15) is 10.1 Å². The third-order valence-electron chi connectivity index (χ3n) is 2.45. The van der Waals surface area contributed by atoms with Crippen molar-refractivity contribution in [1.29, 1.82) is 0 Å². The second-order valence-corrected chi connectivity index (χ2v) is 5.05. The first-order valence-corrected chi connectivity index (χ1v) is 6.57. The van der Waals surface area contributed by atoms with E-state index in [1.54, 1.807) is 24.3 Å². The second-order valence-electron chi connectivity index (χ2n) is 3.73. The van der Waals surface area contributed by atoms with Gasteiger partial charge in [0, 0.05) is 4.47 Å². The number of nitrogens with one attached hydrogen (secondary N) is 1. The van der Waals surface area contributed by atoms with Gasteiger partial charge in [-0.2, -0.15) is 0 Å². The van der Waals surface area contributed by atoms with Gasteiger partial charge in [0.15, 0.2) is 0 Å². The molecule has 0 atom stereocenters. The molecule has 0 unspecified atom stereocenters. The van der Waals surface area contributed by atoms with Crippen molar-refractivity contribution in [2.45, 2.75) is 0 Å². The number of nitro groups is 1. The number of anilines is 1. The number of hydrogen-bond donors (Lipinski definition) is 2. The molecule has 0 heterocycles. The summed E-state index contributed by atoms with van der Waals surface area (Å²) in [5, 5.41) is 11.5. The fourth-order valence-corrected chi connectivity index (χ4v) is 2.30. The lowest BCUT2D eigenvalue weighted by Crippen LogP contribution is -2.09. The SMILES string of the molecule is NNc1cccc(Oc2ccc(Br)cc2Cl)c1[N+](=O)[O-]. The molecule has 0 bridgehead atoms. The van der Waals surface area contributed by atoms with Gasteiger partial charge in [0.05, 0.1) is 9.95 Å². The summed E-state index contributed by atoms with van der Waals surface area (Å²) in [6.07, 6.45) is 0. The Bertz CT molecular complexity index is 666. The topological polar surface area (TPSA) is 90.4 Å². The summed E-state index contributed by atoms with van der Waals surface area (Å²) in [5.41, 5.74) is 2.16. The van der Waals surface area contributed by atoms with Crippen LogP contribution in [0.1, 0.15) is 0 Å². The molecule has 3 N–H and O–H groups in total. The Kier molecular flexibility index (Phi) is 4.43. The van der Waals surface area contributed by atoms with Crippen molar-refractivity contribution in [3.05, 3.63) is 56.0 Å². The minimum absolute atomic E-state index is 0.0506. The summed E-state index contributed by atoms with van der Waals surface area (Å²) in [6.45, 7) is 0. The van der Waals surface area contributed by atoms with Gasteiger partial charge >= 0.3 is 5.69 Å². The van der Waals surface area contributed by atoms with Crippen LogP contribution >= 0.6 is 27.5 Å². The van der Waals surface area contributed by atoms with Gasteiger partial charge in [0.25, 0.3) is 0 Å². The number of para-hydroxylation sites is 1. The molecule has 0 radical (unpaired) electrons. The predicted molar refractivity (Wildman–Crippen MR) is 80.1 cm³/mol. The van der Waals surface area contributed by atoms with Crippen molar-refractivity contribution in [1.82, 2.24) is 0 Å². The molecule has 0 aliphatic heterocycles. The fraction of sp³-hybridized carbons (Fsp3) is 0. The van der Waals surface area contributed by atoms with Crippen molar-refractivity contribution in [2.24, 2.45) is 5.84 Å². The van der Waals surface area contributed by atoms with E-state index in [0.29, 0.717) is 10.8 Å². The number of hydrogen-bond acceptors (Lipinski definition) is 5. The van der Waals surface area contributed by atoms with Crippen molar-refractivity contribution in [3.8, 4) is 11.5 Å². The van der Waals surface area contributed by atoms with E-state index in [0.717, 1.165) is 4.47 Å². The van der Waals surface area contributed by atoms with E-state index in [1.165, 1.54) is 12.1 Å². The number of ether oxygens (including phenoxy) is 1. The molecule has 0 aromatic heterocycles. The van der Waals surface area contributed by atoms with E-state index in [2.05, 4.69) is 21.4 Å². The monoisotopic (exact) mass is 357 g/mol. The number of hydrazine groups is 1. The normalized spacial score (nSPS) is 10.2. The lowest BCUT2D eigenvalue weighted by Gasteiger charge is -2.10. The van der Waals surface area contributed by atoms with Crippen molar-refractivity contribution in [2.75, 3.05) is 5.43 Å². The zero-order valence-corrected chi connectivity index (χ0v) is 12.3. The average molecular weight is 359 g/mol. The molecular formula is C12H9BrClN3O3. The highest BCUT2D eigenvalue weighted by Crippen LogP contribution is 2.39. The lowest BCUT2D eigenvalue weighted by molar-refractivity contribution is -0.384. The zero-order chi connectivity index (χ0) is 14.7. The molecule has 2 aromatic rings. The smallest absolute Gasteiger partial charge is 0.335 e. The first kappa shape index (κ1) is 14.6. The molecule has 0 saturated heterocycles. The van der Waals surface area contributed by atoms with Gasteiger partial charge in [-0.3, -0.25) is 16.0 Å². The predicted octanol–water partition coefficient (Wildman–Crippen LogP) is 4.09. The van der Waals surface area contributed by atoms with E-state index in [1.807, 2.05) is 0 Å². The maximum absolute atomic E-state index is 11.1. The second kappa shape index (κ2) is 6.08. The van der Waals surface area contributed by atoms with E-state index >= 15 is 0 Å². The maximum atomic E-state index is 11.1. The van der Waals surface area contributed by atoms with Crippen LogP contribution in [0.4, 0.5) is 11.4 Å². The van der Waals surface area contributed by atoms with Crippen LogP contribution in [0.3, 0.4) is 0 Å². The molecule has 6 nitrogen and oxygen atoms in total. The van der Waals surface area contributed by atoms with E-state index in [4.69, 9.17) is 22.2 Å². The molecule has 104 valence electrons. The quantitative estimate of drug-likeness (QED) is 0.488. The van der Waals surface area contributed by atoms with Gasteiger partial charge in [0.2, 0.25) is 5.75 Å². The molecule has 0 amide bonds. The molecule has 2 rings (SSSR count). The van der Waals surface area contributed by atoms with Crippen molar-refractivity contribution < 1.29 is 9.66 Å². The third kappa shape index (κ3) is 3.01. The summed E-state index contributed by atoms with van der Waals surface area (Å²) >= 11 is 9.29. The van der Waals surface area contributed by atoms with Gasteiger partial charge in [-0.1, -0.05) is 33.6 Å². The zero-order valence-electron chi connectivity index (χ0n) is 9.97. The highest BCUT2D eigenvalue weighted by atomic mass is 79.9. The molecule has 8 heteroatoms. The number of rotatable bonds is 4. The third-order valence-corrected chi connectivity index (χ3v) is 3.24. The van der Waals surface area contributed by atoms with Crippen molar-refractivity contribution >= 4 is 38.9 Å². The van der Waals surface area contributed by atoms with Crippen LogP contribution in [0.25, 0.3) is 0 Å². The lowest BCUT2D eigenvalue weighted by atomic mass is 10.2. The number of nitro benzene ring substituents is 1. The Hall–Kier alpha value is -1.83. The summed E-state index contributed by atoms with van der Waals surface area (Å²) < 4.78 is 6.29. The summed E-state index contributed by atoms with van der Waals surface area (Å²) in [5.74, 6) is 5.62. The number of benzene rings is 2. The Balaban J connectivity index is 2.45. The Morgan fingerprint density at radius 3 is 2.65 bits per heavy atom. The number of nitrogens with zero attached hydrogens (tertiary/aromatic N) is 1. The first-order valence-electron chi connectivity index (χ1n) is 5.40. The molecule has 0 saturated carbocycles. The molecule has 0 aliphatic carbocycles. The molecule has 0 aliphatic rings. The highest BCUT2D eigenvalue weighted by molar-refractivity contribution is 9.10. The van der Waals surface area contributed by atoms with Gasteiger partial charge < -0.3 is 10.2 Å². The van der Waals surface area contributed by atoms with Gasteiger partial charge in [-0.25, -0.2) is 0 Å². The van der Waals surface area contributed by atoms with Crippen LogP contribution in [0.15, 0.2) is 40.9 Å². The standard InChI is InChI=1S/C12H9BrClN3O3/c13-7-4-5-10(8(14)6-7)20-11-3-1-2-9(16-15)12(11)17(18)19/h1-6,16H,15H2. The van der Waals surface area contributed by atoms with Gasteiger partial charge in [-0.15, -0.1) is 0 Å². The van der Waals surface area contributed by atoms with Crippen LogP contribution in [0.5, 0.6) is 11.5 Å². The van der Waals surface area contributed by atoms with Crippen molar-refractivity contribution in [3.63, 3.8) is 0 Å². The highest BCUT2D eigenvalue weighted by Gasteiger charge is 2.21. The molecule has 0 spiro atoms. The van der Waals surface area contributed by atoms with Crippen LogP contribution in [-0.2, 0) is 0 Å². The van der Waals surface area contributed by atoms with Gasteiger partial charge in [-0.05, 0) is 30.3 Å². The number of nitrogen functional groups attached to an aromatic ring is 1. The van der Waals surface area contributed by atoms with E-state index < -0.39 is 4.92 Å². The maximum Gasteiger partial charge on any atom is 0.335 e. The van der Waals surface area contributed by atoms with E-state index in [-0.39, 0.29) is 17.1 Å². The Morgan fingerprint density at radius 1 is 1.30 bits per heavy atom. The molecular weight excluding hydrogens is 350 g/mol. The van der Waals surface area contributed by atoms with Crippen LogP contribution in [0, 0.1) is 10.1 Å². The minimum atomic E-state index is -0.572. The molecule has 20 heavy (non-hydrogen) atoms. The largest absolute Gasteiger partial charge is 0.448 e. The summed E-state index contributed by atoms with van der Waals surface area (Å²) in [7, 11) is 0. The van der Waals surface area contributed by atoms with Crippen LogP contribution < -0.4 is 16.0 Å². The van der Waals surface area contributed by atoms with Gasteiger partial charge in [0.1, 0.15) is 11.4 Å². The minimum Gasteiger partial charge on any atom is -0.448 e. The summed E-state index contributed by atoms with van der Waals surface area (Å²) in [6, 6.07) is 9.50. The Labute approximate surface area is 127 Å². The Morgan fingerprint density at radius 2 is 2.05 bits per heavy atom. The number of halogens is 2. The fourth-order valence-electron chi connectivity index (χ4n) is 1.59. The average Bonchev–Trinajstić information content (AvgIpc) is 2.41. The van der Waals surface area contributed by atoms with Crippen LogP contribution in [-0.4, -0.2) is 4.92 Å². The molecule has 0 fully saturated rings. The first-order chi connectivity index (χ1) is 9.52. The number of nitrogens with two attached hydrogens (primary N) is 1. The molecule has 2 aromatic carbocycles. The summed E-state index contributed by atoms with van der Waals surface area (Å²) in [4.78, 5) is 10.5. The van der Waals surface area contributed by atoms with Crippen LogP contribution in [0.2, 0.25) is 5.02 Å².